The summed E-state index contributed by atoms with van der Waals surface area (Å²) in [6.45, 7) is -1.09. The van der Waals surface area contributed by atoms with E-state index in [-0.39, 0.29) is 24.0 Å². The average molecular weight is 653 g/mol. The lowest BCUT2D eigenvalue weighted by atomic mass is 10.0. The summed E-state index contributed by atoms with van der Waals surface area (Å²) < 4.78 is 10.1. The first kappa shape index (κ1) is 34.6. The van der Waals surface area contributed by atoms with E-state index in [4.69, 9.17) is 9.47 Å². The SMILES string of the molecule is O=C(Cc1ccccc1)OCC(NC(=O)c1ccc(-c2ccc(C(=O)NC(COC(=O)Cc3ccccc3)C(=O)O)cc2)cc1)C(=O)O. The van der Waals surface area contributed by atoms with Gasteiger partial charge in [-0.3, -0.25) is 19.2 Å². The molecule has 246 valence electrons. The number of benzene rings is 4. The summed E-state index contributed by atoms with van der Waals surface area (Å²) in [7, 11) is 0. The molecule has 2 unspecified atom stereocenters. The second kappa shape index (κ2) is 16.9. The molecule has 0 aliphatic rings. The van der Waals surface area contributed by atoms with Crippen molar-refractivity contribution in [3.05, 3.63) is 131 Å². The third-order valence-corrected chi connectivity index (χ3v) is 7.04. The number of hydrogen-bond donors (Lipinski definition) is 4. The first-order valence-electron chi connectivity index (χ1n) is 14.8. The average Bonchev–Trinajstić information content (AvgIpc) is 3.09. The third-order valence-electron chi connectivity index (χ3n) is 7.04. The number of carbonyl (C=O) groups excluding carboxylic acids is 4. The van der Waals surface area contributed by atoms with Crippen LogP contribution in [0.2, 0.25) is 0 Å². The van der Waals surface area contributed by atoms with Crippen LogP contribution in [0.4, 0.5) is 0 Å². The Morgan fingerprint density at radius 1 is 0.500 bits per heavy atom. The first-order valence-corrected chi connectivity index (χ1v) is 14.8. The van der Waals surface area contributed by atoms with Crippen molar-refractivity contribution in [1.82, 2.24) is 10.6 Å². The van der Waals surface area contributed by atoms with Crippen molar-refractivity contribution in [2.24, 2.45) is 0 Å². The predicted molar refractivity (Wildman–Crippen MR) is 172 cm³/mol. The maximum Gasteiger partial charge on any atom is 0.329 e. The van der Waals surface area contributed by atoms with E-state index >= 15 is 0 Å². The summed E-state index contributed by atoms with van der Waals surface area (Å²) in [4.78, 5) is 73.1. The van der Waals surface area contributed by atoms with Crippen LogP contribution in [0, 0.1) is 0 Å². The van der Waals surface area contributed by atoms with E-state index in [9.17, 15) is 39.0 Å². The van der Waals surface area contributed by atoms with E-state index in [1.807, 2.05) is 0 Å². The number of esters is 2. The van der Waals surface area contributed by atoms with E-state index in [0.717, 1.165) is 0 Å². The molecule has 4 N–H and O–H groups in total. The van der Waals surface area contributed by atoms with E-state index in [2.05, 4.69) is 10.6 Å². The van der Waals surface area contributed by atoms with Crippen molar-refractivity contribution in [2.45, 2.75) is 24.9 Å². The number of carboxylic acids is 2. The molecule has 12 heteroatoms. The molecule has 2 atom stereocenters. The molecular weight excluding hydrogens is 620 g/mol. The number of aliphatic carboxylic acids is 2. The lowest BCUT2D eigenvalue weighted by Gasteiger charge is -2.15. The zero-order valence-electron chi connectivity index (χ0n) is 25.5. The molecule has 0 saturated carbocycles. The molecule has 0 aliphatic carbocycles. The number of nitrogens with one attached hydrogen (secondary N) is 2. The van der Waals surface area contributed by atoms with Gasteiger partial charge in [0.1, 0.15) is 13.2 Å². The van der Waals surface area contributed by atoms with Gasteiger partial charge < -0.3 is 30.3 Å². The molecule has 48 heavy (non-hydrogen) atoms. The molecule has 4 aromatic carbocycles. The van der Waals surface area contributed by atoms with Crippen LogP contribution in [0.1, 0.15) is 31.8 Å². The Morgan fingerprint density at radius 2 is 0.833 bits per heavy atom. The minimum atomic E-state index is -1.46. The summed E-state index contributed by atoms with van der Waals surface area (Å²) in [6.07, 6.45) is -0.0758. The van der Waals surface area contributed by atoms with Gasteiger partial charge in [0, 0.05) is 11.1 Å². The largest absolute Gasteiger partial charge is 0.480 e. The van der Waals surface area contributed by atoms with Crippen LogP contribution in [0.25, 0.3) is 11.1 Å². The predicted octanol–water partition coefficient (Wildman–Crippen LogP) is 3.29. The summed E-state index contributed by atoms with van der Waals surface area (Å²) in [6, 6.07) is 27.1. The monoisotopic (exact) mass is 652 g/mol. The van der Waals surface area contributed by atoms with Gasteiger partial charge in [0.2, 0.25) is 0 Å². The van der Waals surface area contributed by atoms with Crippen LogP contribution in [0.3, 0.4) is 0 Å². The highest BCUT2D eigenvalue weighted by Crippen LogP contribution is 2.21. The second-order valence-corrected chi connectivity index (χ2v) is 10.6. The van der Waals surface area contributed by atoms with Crippen LogP contribution in [0.15, 0.2) is 109 Å². The van der Waals surface area contributed by atoms with Crippen LogP contribution in [0.5, 0.6) is 0 Å². The molecule has 0 saturated heterocycles. The van der Waals surface area contributed by atoms with Gasteiger partial charge >= 0.3 is 23.9 Å². The fourth-order valence-electron chi connectivity index (χ4n) is 4.44. The Bertz CT molecular complexity index is 1610. The van der Waals surface area contributed by atoms with E-state index in [1.54, 1.807) is 84.9 Å². The fraction of sp³-hybridized carbons (Fsp3) is 0.167. The Hall–Kier alpha value is -6.30. The molecule has 2 amide bonds. The standard InChI is InChI=1S/C36H32N2O10/c39-31(19-23-7-3-1-4-8-23)47-21-29(35(43)44)37-33(41)27-15-11-25(12-16-27)26-13-17-28(18-14-26)34(42)38-30(36(45)46)22-48-32(40)20-24-9-5-2-6-10-24/h1-18,29-30H,19-22H2,(H,37,41)(H,38,42)(H,43,44)(H,45,46). The van der Waals surface area contributed by atoms with Crippen molar-refractivity contribution < 1.29 is 48.5 Å². The maximum absolute atomic E-state index is 12.7. The van der Waals surface area contributed by atoms with Crippen molar-refractivity contribution in [3.8, 4) is 11.1 Å². The van der Waals surface area contributed by atoms with Gasteiger partial charge in [-0.05, 0) is 46.5 Å². The number of rotatable bonds is 15. The van der Waals surface area contributed by atoms with Gasteiger partial charge in [-0.25, -0.2) is 9.59 Å². The first-order chi connectivity index (χ1) is 23.1. The Kier molecular flexibility index (Phi) is 12.1. The fourth-order valence-corrected chi connectivity index (χ4v) is 4.44. The lowest BCUT2D eigenvalue weighted by Crippen LogP contribution is -2.44. The molecule has 0 aliphatic heterocycles. The molecular formula is C36H32N2O10. The number of ether oxygens (including phenoxy) is 2. The molecule has 0 fully saturated rings. The summed E-state index contributed by atoms with van der Waals surface area (Å²) in [5.41, 5.74) is 3.10. The van der Waals surface area contributed by atoms with Crippen molar-refractivity contribution in [1.29, 1.82) is 0 Å². The number of carboxylic acid groups (broad SMARTS) is 2. The summed E-state index contributed by atoms with van der Waals surface area (Å²) in [5.74, 6) is -5.35. The van der Waals surface area contributed by atoms with Gasteiger partial charge in [0.05, 0.1) is 12.8 Å². The quantitative estimate of drug-likeness (QED) is 0.139. The van der Waals surface area contributed by atoms with Gasteiger partial charge in [-0.2, -0.15) is 0 Å². The van der Waals surface area contributed by atoms with Gasteiger partial charge in [0.25, 0.3) is 11.8 Å². The van der Waals surface area contributed by atoms with Crippen LogP contribution in [-0.4, -0.2) is 71.2 Å². The topological polar surface area (TPSA) is 185 Å². The summed E-state index contributed by atoms with van der Waals surface area (Å²) >= 11 is 0. The Morgan fingerprint density at radius 3 is 1.15 bits per heavy atom. The van der Waals surface area contributed by atoms with Crippen molar-refractivity contribution >= 4 is 35.7 Å². The highest BCUT2D eigenvalue weighted by Gasteiger charge is 2.24. The molecule has 0 heterocycles. The highest BCUT2D eigenvalue weighted by molar-refractivity contribution is 5.98. The van der Waals surface area contributed by atoms with Crippen LogP contribution >= 0.6 is 0 Å². The molecule has 4 rings (SSSR count). The molecule has 12 nitrogen and oxygen atoms in total. The van der Waals surface area contributed by atoms with Gasteiger partial charge in [-0.1, -0.05) is 84.9 Å². The Labute approximate surface area is 275 Å². The van der Waals surface area contributed by atoms with Crippen LogP contribution in [-0.2, 0) is 41.5 Å². The lowest BCUT2D eigenvalue weighted by molar-refractivity contribution is -0.149. The summed E-state index contributed by atoms with van der Waals surface area (Å²) in [5, 5.41) is 23.7. The molecule has 0 radical (unpaired) electrons. The van der Waals surface area contributed by atoms with E-state index < -0.39 is 61.0 Å². The highest BCUT2D eigenvalue weighted by atomic mass is 16.5. The van der Waals surface area contributed by atoms with Crippen LogP contribution < -0.4 is 10.6 Å². The minimum Gasteiger partial charge on any atom is -0.480 e. The van der Waals surface area contributed by atoms with E-state index in [1.165, 1.54) is 24.3 Å². The normalized spacial score (nSPS) is 11.8. The Balaban J connectivity index is 1.29. The van der Waals surface area contributed by atoms with Crippen molar-refractivity contribution in [2.75, 3.05) is 13.2 Å². The number of carbonyl (C=O) groups is 6. The van der Waals surface area contributed by atoms with Gasteiger partial charge in [0.15, 0.2) is 12.1 Å². The number of amides is 2. The minimum absolute atomic E-state index is 0.0379. The van der Waals surface area contributed by atoms with E-state index in [0.29, 0.717) is 22.3 Å². The molecule has 4 aromatic rings. The number of hydrogen-bond acceptors (Lipinski definition) is 8. The zero-order chi connectivity index (χ0) is 34.5. The smallest absolute Gasteiger partial charge is 0.329 e. The zero-order valence-corrected chi connectivity index (χ0v) is 25.5. The molecule has 0 bridgehead atoms. The van der Waals surface area contributed by atoms with Crippen molar-refractivity contribution in [3.63, 3.8) is 0 Å². The molecule has 0 spiro atoms. The molecule has 0 aromatic heterocycles. The third kappa shape index (κ3) is 10.4. The second-order valence-electron chi connectivity index (χ2n) is 10.6. The van der Waals surface area contributed by atoms with Gasteiger partial charge in [-0.15, -0.1) is 0 Å². The maximum atomic E-state index is 12.7.